The predicted octanol–water partition coefficient (Wildman–Crippen LogP) is 15.7. The molecule has 0 aliphatic carbocycles. The van der Waals surface area contributed by atoms with E-state index in [0.717, 1.165) is 17.8 Å². The highest BCUT2D eigenvalue weighted by Gasteiger charge is 2.20. The predicted molar refractivity (Wildman–Crippen MR) is 225 cm³/mol. The highest BCUT2D eigenvalue weighted by atomic mass is 14.2. The van der Waals surface area contributed by atoms with Crippen LogP contribution in [0.15, 0.2) is 66.7 Å². The van der Waals surface area contributed by atoms with Gasteiger partial charge in [0.1, 0.15) is 0 Å². The van der Waals surface area contributed by atoms with E-state index in [2.05, 4.69) is 122 Å². The molecule has 0 aliphatic rings. The molecular weight excluding hydrogens is 601 g/mol. The smallest absolute Gasteiger partial charge is 0.00263 e. The molecule has 50 heavy (non-hydrogen) atoms. The lowest BCUT2D eigenvalue weighted by atomic mass is 9.82. The Labute approximate surface area is 306 Å². The van der Waals surface area contributed by atoms with Gasteiger partial charge >= 0.3 is 0 Å². The van der Waals surface area contributed by atoms with Crippen LogP contribution in [0.3, 0.4) is 0 Å². The third-order valence-corrected chi connectivity index (χ3v) is 12.2. The number of hydrogen-bond donors (Lipinski definition) is 0. The van der Waals surface area contributed by atoms with Crippen molar-refractivity contribution in [2.45, 2.75) is 152 Å². The summed E-state index contributed by atoms with van der Waals surface area (Å²) in [5.74, 6) is 2.23. The Hall–Kier alpha value is -3.12. The zero-order valence-corrected chi connectivity index (χ0v) is 33.2. The van der Waals surface area contributed by atoms with Gasteiger partial charge in [-0.1, -0.05) is 185 Å². The van der Waals surface area contributed by atoms with E-state index in [0.29, 0.717) is 0 Å². The van der Waals surface area contributed by atoms with E-state index in [-0.39, 0.29) is 0 Å². The van der Waals surface area contributed by atoms with Crippen LogP contribution in [0.4, 0.5) is 0 Å². The zero-order chi connectivity index (χ0) is 35.6. The maximum absolute atomic E-state index is 2.62. The molecule has 268 valence electrons. The Kier molecular flexibility index (Phi) is 14.0. The van der Waals surface area contributed by atoms with Crippen molar-refractivity contribution in [3.05, 3.63) is 94.5 Å². The molecule has 5 aromatic rings. The number of hydrogen-bond acceptors (Lipinski definition) is 0. The second kappa shape index (κ2) is 18.4. The Morgan fingerprint density at radius 1 is 0.460 bits per heavy atom. The SMILES string of the molecule is CCCCC(CC)Cc1ccc2c(-c3cc(CC(CC)CCCC)c4cc(C)cc(CC(CC)CCCC)c4c3)c3ccccc3c(C)c2c1. The highest BCUT2D eigenvalue weighted by Crippen LogP contribution is 2.43. The van der Waals surface area contributed by atoms with E-state index in [1.54, 1.807) is 11.1 Å². The molecule has 5 rings (SSSR count). The fourth-order valence-corrected chi connectivity index (χ4v) is 8.91. The van der Waals surface area contributed by atoms with Crippen LogP contribution in [0.5, 0.6) is 0 Å². The third kappa shape index (κ3) is 8.84. The quantitative estimate of drug-likeness (QED) is 0.0768. The fourth-order valence-electron chi connectivity index (χ4n) is 8.91. The van der Waals surface area contributed by atoms with Crippen molar-refractivity contribution in [1.82, 2.24) is 0 Å². The van der Waals surface area contributed by atoms with Gasteiger partial charge in [-0.25, -0.2) is 0 Å². The normalized spacial score (nSPS) is 13.8. The average molecular weight is 669 g/mol. The van der Waals surface area contributed by atoms with E-state index in [9.17, 15) is 0 Å². The van der Waals surface area contributed by atoms with Crippen molar-refractivity contribution < 1.29 is 0 Å². The molecule has 0 heteroatoms. The van der Waals surface area contributed by atoms with Gasteiger partial charge in [-0.15, -0.1) is 0 Å². The molecule has 0 heterocycles. The lowest BCUT2D eigenvalue weighted by Gasteiger charge is -2.23. The minimum absolute atomic E-state index is 0.721. The number of unbranched alkanes of at least 4 members (excludes halogenated alkanes) is 3. The summed E-state index contributed by atoms with van der Waals surface area (Å²) >= 11 is 0. The van der Waals surface area contributed by atoms with Gasteiger partial charge in [-0.2, -0.15) is 0 Å². The van der Waals surface area contributed by atoms with Crippen LogP contribution in [-0.4, -0.2) is 0 Å². The molecule has 0 radical (unpaired) electrons. The highest BCUT2D eigenvalue weighted by molar-refractivity contribution is 6.16. The molecule has 0 aromatic heterocycles. The summed E-state index contributed by atoms with van der Waals surface area (Å²) < 4.78 is 0. The molecule has 0 aliphatic heterocycles. The second-order valence-corrected chi connectivity index (χ2v) is 15.9. The first-order chi connectivity index (χ1) is 24.3. The maximum Gasteiger partial charge on any atom is -0.00263 e. The van der Waals surface area contributed by atoms with Gasteiger partial charge < -0.3 is 0 Å². The summed E-state index contributed by atoms with van der Waals surface area (Å²) in [5, 5.41) is 8.65. The van der Waals surface area contributed by atoms with Crippen molar-refractivity contribution in [2.24, 2.45) is 17.8 Å². The maximum atomic E-state index is 2.62. The van der Waals surface area contributed by atoms with Gasteiger partial charge in [0.25, 0.3) is 0 Å². The van der Waals surface area contributed by atoms with Gasteiger partial charge in [0, 0.05) is 0 Å². The molecule has 0 spiro atoms. The van der Waals surface area contributed by atoms with E-state index in [1.165, 1.54) is 156 Å². The molecule has 0 amide bonds. The largest absolute Gasteiger partial charge is 0.0654 e. The molecular formula is C50H68. The zero-order valence-electron chi connectivity index (χ0n) is 33.2. The van der Waals surface area contributed by atoms with E-state index in [1.807, 2.05) is 0 Å². The van der Waals surface area contributed by atoms with Crippen LogP contribution in [-0.2, 0) is 19.3 Å². The molecule has 0 N–H and O–H groups in total. The minimum Gasteiger partial charge on any atom is -0.0654 e. The summed E-state index contributed by atoms with van der Waals surface area (Å²) in [4.78, 5) is 0. The van der Waals surface area contributed by atoms with Crippen LogP contribution in [0, 0.1) is 31.6 Å². The van der Waals surface area contributed by atoms with Crippen molar-refractivity contribution in [2.75, 3.05) is 0 Å². The van der Waals surface area contributed by atoms with Crippen LogP contribution in [0.1, 0.15) is 146 Å². The van der Waals surface area contributed by atoms with Gasteiger partial charge in [-0.05, 0) is 123 Å². The fraction of sp³-hybridized carbons (Fsp3) is 0.520. The summed E-state index contributed by atoms with van der Waals surface area (Å²) in [6.45, 7) is 18.9. The lowest BCUT2D eigenvalue weighted by Crippen LogP contribution is -2.07. The van der Waals surface area contributed by atoms with E-state index in [4.69, 9.17) is 0 Å². The first-order valence-corrected chi connectivity index (χ1v) is 20.9. The molecule has 0 saturated heterocycles. The second-order valence-electron chi connectivity index (χ2n) is 15.9. The van der Waals surface area contributed by atoms with Crippen molar-refractivity contribution in [1.29, 1.82) is 0 Å². The van der Waals surface area contributed by atoms with Crippen molar-refractivity contribution in [3.8, 4) is 11.1 Å². The Morgan fingerprint density at radius 2 is 0.980 bits per heavy atom. The van der Waals surface area contributed by atoms with Crippen LogP contribution in [0.2, 0.25) is 0 Å². The molecule has 0 saturated carbocycles. The summed E-state index contributed by atoms with van der Waals surface area (Å²) in [7, 11) is 0. The van der Waals surface area contributed by atoms with Gasteiger partial charge in [0.2, 0.25) is 0 Å². The number of rotatable bonds is 19. The third-order valence-electron chi connectivity index (χ3n) is 12.2. The van der Waals surface area contributed by atoms with Crippen LogP contribution >= 0.6 is 0 Å². The van der Waals surface area contributed by atoms with Gasteiger partial charge in [0.05, 0.1) is 0 Å². The molecule has 3 atom stereocenters. The topological polar surface area (TPSA) is 0 Å². The van der Waals surface area contributed by atoms with Gasteiger partial charge in [-0.3, -0.25) is 0 Å². The number of benzene rings is 5. The molecule has 0 nitrogen and oxygen atoms in total. The Balaban J connectivity index is 1.76. The first kappa shape index (κ1) is 38.1. The van der Waals surface area contributed by atoms with Crippen LogP contribution < -0.4 is 0 Å². The van der Waals surface area contributed by atoms with E-state index >= 15 is 0 Å². The monoisotopic (exact) mass is 669 g/mol. The van der Waals surface area contributed by atoms with Crippen LogP contribution in [0.25, 0.3) is 43.4 Å². The summed E-state index contributed by atoms with van der Waals surface area (Å²) in [6.07, 6.45) is 19.1. The van der Waals surface area contributed by atoms with Crippen molar-refractivity contribution >= 4 is 32.3 Å². The summed E-state index contributed by atoms with van der Waals surface area (Å²) in [6, 6.07) is 27.0. The molecule has 0 bridgehead atoms. The van der Waals surface area contributed by atoms with Gasteiger partial charge in [0.15, 0.2) is 0 Å². The minimum atomic E-state index is 0.721. The standard InChI is InChI=1S/C50H68/c1-9-15-20-37(12-4)29-40-25-26-46-47(32-40)36(8)44-23-18-19-24-45(44)50(46)43-33-42(31-39(14-6)22-17-11-3)48-28-35(7)27-41(49(48)34-43)30-38(13-5)21-16-10-2/h18-19,23-28,32-34,37-39H,9-17,20-22,29-31H2,1-8H3. The Bertz CT molecular complexity index is 1840. The summed E-state index contributed by atoms with van der Waals surface area (Å²) in [5.41, 5.74) is 10.3. The van der Waals surface area contributed by atoms with E-state index < -0.39 is 0 Å². The first-order valence-electron chi connectivity index (χ1n) is 20.9. The average Bonchev–Trinajstić information content (AvgIpc) is 3.13. The molecule has 5 aromatic carbocycles. The Morgan fingerprint density at radius 3 is 1.56 bits per heavy atom. The lowest BCUT2D eigenvalue weighted by molar-refractivity contribution is 0.449. The van der Waals surface area contributed by atoms with Crippen molar-refractivity contribution in [3.63, 3.8) is 0 Å². The molecule has 3 unspecified atom stereocenters. The number of aryl methyl sites for hydroxylation is 2. The molecule has 0 fully saturated rings. The number of fused-ring (bicyclic) bond motifs is 3.